The monoisotopic (exact) mass is 608 g/mol. The van der Waals surface area contributed by atoms with Gasteiger partial charge in [-0.3, -0.25) is 13.4 Å². The molecule has 1 unspecified atom stereocenters. The van der Waals surface area contributed by atoms with E-state index >= 15 is 0 Å². The topological polar surface area (TPSA) is 86.0 Å². The molecule has 0 radical (unpaired) electrons. The van der Waals surface area contributed by atoms with Crippen molar-refractivity contribution in [2.24, 2.45) is 0 Å². The molecule has 43 heavy (non-hydrogen) atoms. The Kier molecular flexibility index (Phi) is 10.8. The van der Waals surface area contributed by atoms with E-state index in [4.69, 9.17) is 13.9 Å². The van der Waals surface area contributed by atoms with E-state index in [1.807, 2.05) is 88.4 Å². The van der Waals surface area contributed by atoms with E-state index in [1.165, 1.54) is 0 Å². The lowest BCUT2D eigenvalue weighted by Gasteiger charge is -2.22. The molecule has 1 N–H and O–H groups in total. The first-order chi connectivity index (χ1) is 20.5. The number of rotatable bonds is 13. The zero-order valence-electron chi connectivity index (χ0n) is 25.6. The van der Waals surface area contributed by atoms with E-state index in [2.05, 4.69) is 0 Å². The molecule has 4 aromatic rings. The summed E-state index contributed by atoms with van der Waals surface area (Å²) in [4.78, 5) is 12.2. The zero-order chi connectivity index (χ0) is 31.1. The molecule has 0 saturated carbocycles. The molecule has 3 aromatic carbocycles. The molecule has 2 atom stereocenters. The number of benzene rings is 3. The van der Waals surface area contributed by atoms with Crippen LogP contribution in [0, 0.1) is 6.92 Å². The minimum Gasteiger partial charge on any atom is -0.489 e. The molecule has 8 heteroatoms. The number of carbonyl (C=O) groups excluding carboxylic acids is 1. The van der Waals surface area contributed by atoms with Crippen molar-refractivity contribution in [3.63, 3.8) is 0 Å². The molecule has 6 nitrogen and oxygen atoms in total. The lowest BCUT2D eigenvalue weighted by Crippen LogP contribution is -2.27. The summed E-state index contributed by atoms with van der Waals surface area (Å²) < 4.78 is 44.2. The smallest absolute Gasteiger partial charge is 0.310 e. The van der Waals surface area contributed by atoms with Gasteiger partial charge in [0, 0.05) is 50.2 Å². The molecule has 0 aliphatic heterocycles. The van der Waals surface area contributed by atoms with Gasteiger partial charge in [-0.25, -0.2) is 0 Å². The third-order valence-corrected chi connectivity index (χ3v) is 9.30. The molecular weight excluding hydrogens is 567 g/mol. The standard InChI is InChI=1S/C35H41FO6S/c1-6-40-33(38)19-27-11-10-23(2)14-32(27)41-21-24-15-28-18-30(12-13-37)42-34(28)31(16-24)26-9-7-8-25(17-26)29(20-36)22-43(39)35(3,4)5/h7-11,14-18,29,37H,6,12-13,19-22H2,1-5H3/t29?,43-/m1/s1. The Morgan fingerprint density at radius 3 is 2.58 bits per heavy atom. The number of carbonyl (C=O) groups is 1. The third kappa shape index (κ3) is 8.33. The van der Waals surface area contributed by atoms with Crippen molar-refractivity contribution >= 4 is 27.7 Å². The van der Waals surface area contributed by atoms with Crippen LogP contribution >= 0.6 is 0 Å². The maximum Gasteiger partial charge on any atom is 0.310 e. The predicted molar refractivity (Wildman–Crippen MR) is 170 cm³/mol. The normalized spacial score (nSPS) is 13.2. The lowest BCUT2D eigenvalue weighted by atomic mass is 9.95. The molecule has 0 amide bonds. The van der Waals surface area contributed by atoms with Crippen LogP contribution in [0.25, 0.3) is 22.1 Å². The van der Waals surface area contributed by atoms with Gasteiger partial charge in [-0.2, -0.15) is 0 Å². The number of ether oxygens (including phenoxy) is 2. The molecular formula is C35H41FO6S. The summed E-state index contributed by atoms with van der Waals surface area (Å²) >= 11 is 0. The van der Waals surface area contributed by atoms with Crippen LogP contribution in [-0.4, -0.2) is 45.7 Å². The zero-order valence-corrected chi connectivity index (χ0v) is 26.4. The SMILES string of the molecule is CCOC(=O)Cc1ccc(C)cc1OCc1cc(-c2cccc(C(CF)C[S@@](=O)C(C)(C)C)c2)c2oc(CCO)cc2c1. The quantitative estimate of drug-likeness (QED) is 0.161. The summed E-state index contributed by atoms with van der Waals surface area (Å²) in [6, 6.07) is 19.3. The van der Waals surface area contributed by atoms with Gasteiger partial charge in [0.1, 0.15) is 23.7 Å². The number of alkyl halides is 1. The van der Waals surface area contributed by atoms with Gasteiger partial charge in [0.25, 0.3) is 0 Å². The van der Waals surface area contributed by atoms with E-state index in [1.54, 1.807) is 6.92 Å². The average molecular weight is 609 g/mol. The van der Waals surface area contributed by atoms with Crippen LogP contribution < -0.4 is 4.74 Å². The Labute approximate surface area is 255 Å². The number of furan rings is 1. The highest BCUT2D eigenvalue weighted by atomic mass is 32.2. The van der Waals surface area contributed by atoms with Crippen molar-refractivity contribution in [2.45, 2.75) is 64.7 Å². The van der Waals surface area contributed by atoms with Crippen molar-refractivity contribution in [2.75, 3.05) is 25.6 Å². The average Bonchev–Trinajstić information content (AvgIpc) is 3.37. The molecule has 230 valence electrons. The fourth-order valence-corrected chi connectivity index (χ4v) is 6.04. The number of fused-ring (bicyclic) bond motifs is 1. The highest BCUT2D eigenvalue weighted by Gasteiger charge is 2.25. The van der Waals surface area contributed by atoms with Gasteiger partial charge in [-0.15, -0.1) is 0 Å². The van der Waals surface area contributed by atoms with Gasteiger partial charge in [0.05, 0.1) is 26.3 Å². The van der Waals surface area contributed by atoms with Crippen LogP contribution in [0.5, 0.6) is 5.75 Å². The number of aliphatic hydroxyl groups excluding tert-OH is 1. The number of halogens is 1. The summed E-state index contributed by atoms with van der Waals surface area (Å²) in [7, 11) is -1.20. The Bertz CT molecular complexity index is 1590. The van der Waals surface area contributed by atoms with Crippen molar-refractivity contribution < 1.29 is 32.4 Å². The molecule has 0 bridgehead atoms. The second-order valence-corrected chi connectivity index (χ2v) is 14.0. The van der Waals surface area contributed by atoms with E-state index in [0.717, 1.165) is 38.8 Å². The minimum absolute atomic E-state index is 0.0414. The largest absolute Gasteiger partial charge is 0.489 e. The highest BCUT2D eigenvalue weighted by Crippen LogP contribution is 2.35. The van der Waals surface area contributed by atoms with E-state index < -0.39 is 28.1 Å². The van der Waals surface area contributed by atoms with Gasteiger partial charge in [-0.1, -0.05) is 36.4 Å². The molecule has 0 fully saturated rings. The first-order valence-electron chi connectivity index (χ1n) is 14.6. The molecule has 1 aromatic heterocycles. The van der Waals surface area contributed by atoms with Crippen LogP contribution in [0.2, 0.25) is 0 Å². The number of aliphatic hydroxyl groups is 1. The van der Waals surface area contributed by atoms with Gasteiger partial charge in [-0.05, 0) is 81.1 Å². The maximum absolute atomic E-state index is 14.3. The summed E-state index contributed by atoms with van der Waals surface area (Å²) in [5, 5.41) is 10.4. The molecule has 0 aliphatic carbocycles. The van der Waals surface area contributed by atoms with Crippen molar-refractivity contribution in [3.8, 4) is 16.9 Å². The van der Waals surface area contributed by atoms with Crippen molar-refractivity contribution in [3.05, 3.63) is 88.7 Å². The maximum atomic E-state index is 14.3. The molecule has 0 spiro atoms. The summed E-state index contributed by atoms with van der Waals surface area (Å²) in [6.07, 6.45) is 0.492. The first-order valence-corrected chi connectivity index (χ1v) is 15.9. The second kappa shape index (κ2) is 14.3. The van der Waals surface area contributed by atoms with Crippen LogP contribution in [0.4, 0.5) is 4.39 Å². The van der Waals surface area contributed by atoms with Crippen LogP contribution in [0.1, 0.15) is 61.6 Å². The molecule has 0 saturated heterocycles. The number of esters is 1. The summed E-state index contributed by atoms with van der Waals surface area (Å²) in [5.41, 5.74) is 5.73. The molecule has 1 heterocycles. The Morgan fingerprint density at radius 2 is 1.88 bits per heavy atom. The minimum atomic E-state index is -1.20. The fourth-order valence-electron chi connectivity index (χ4n) is 4.89. The lowest BCUT2D eigenvalue weighted by molar-refractivity contribution is -0.142. The summed E-state index contributed by atoms with van der Waals surface area (Å²) in [5.74, 6) is 0.696. The summed E-state index contributed by atoms with van der Waals surface area (Å²) in [6.45, 7) is 9.34. The number of hydrogen-bond donors (Lipinski definition) is 1. The van der Waals surface area contributed by atoms with Gasteiger partial charge in [0.2, 0.25) is 0 Å². The number of aryl methyl sites for hydroxylation is 1. The highest BCUT2D eigenvalue weighted by molar-refractivity contribution is 7.86. The number of hydrogen-bond acceptors (Lipinski definition) is 6. The van der Waals surface area contributed by atoms with Crippen LogP contribution in [0.3, 0.4) is 0 Å². The van der Waals surface area contributed by atoms with Crippen molar-refractivity contribution in [1.82, 2.24) is 0 Å². The fraction of sp³-hybridized carbons (Fsp3) is 0.400. The predicted octanol–water partition coefficient (Wildman–Crippen LogP) is 7.23. The Balaban J connectivity index is 1.70. The second-order valence-electron chi connectivity index (χ2n) is 11.7. The first kappa shape index (κ1) is 32.4. The van der Waals surface area contributed by atoms with Gasteiger partial charge in [0.15, 0.2) is 0 Å². The van der Waals surface area contributed by atoms with E-state index in [9.17, 15) is 18.5 Å². The van der Waals surface area contributed by atoms with Gasteiger partial charge < -0.3 is 19.0 Å². The van der Waals surface area contributed by atoms with Crippen LogP contribution in [0.15, 0.2) is 65.1 Å². The van der Waals surface area contributed by atoms with E-state index in [0.29, 0.717) is 30.1 Å². The van der Waals surface area contributed by atoms with Gasteiger partial charge >= 0.3 is 5.97 Å². The Morgan fingerprint density at radius 1 is 1.09 bits per heavy atom. The molecule has 0 aliphatic rings. The molecule has 4 rings (SSSR count). The Hall–Kier alpha value is -3.49. The van der Waals surface area contributed by atoms with Crippen molar-refractivity contribution in [1.29, 1.82) is 0 Å². The third-order valence-electron chi connectivity index (χ3n) is 7.23. The van der Waals surface area contributed by atoms with Crippen LogP contribution in [-0.2, 0) is 39.8 Å². The van der Waals surface area contributed by atoms with E-state index in [-0.39, 0.29) is 31.4 Å².